The first kappa shape index (κ1) is 20.1. The van der Waals surface area contributed by atoms with Gasteiger partial charge >= 0.3 is 6.18 Å². The highest BCUT2D eigenvalue weighted by molar-refractivity contribution is 7.93. The van der Waals surface area contributed by atoms with E-state index in [1.54, 1.807) is 0 Å². The summed E-state index contributed by atoms with van der Waals surface area (Å²) in [6, 6.07) is 6.71. The zero-order chi connectivity index (χ0) is 22.3. The van der Waals surface area contributed by atoms with Crippen LogP contribution in [-0.2, 0) is 21.8 Å². The number of fused-ring (bicyclic) bond motifs is 7. The minimum absolute atomic E-state index is 0.0588. The van der Waals surface area contributed by atoms with Gasteiger partial charge in [-0.25, -0.2) is 13.4 Å². The van der Waals surface area contributed by atoms with Crippen LogP contribution in [0.1, 0.15) is 39.8 Å². The zero-order valence-electron chi connectivity index (χ0n) is 15.4. The van der Waals surface area contributed by atoms with Crippen molar-refractivity contribution in [3.8, 4) is 0 Å². The van der Waals surface area contributed by atoms with Crippen molar-refractivity contribution < 1.29 is 30.6 Å². The molecule has 0 aliphatic heterocycles. The first-order chi connectivity index (χ1) is 14.5. The highest BCUT2D eigenvalue weighted by Crippen LogP contribution is 2.63. The average Bonchev–Trinajstić information content (AvgIpc) is 3.30. The lowest BCUT2D eigenvalue weighted by Crippen LogP contribution is -2.42. The lowest BCUT2D eigenvalue weighted by atomic mass is 9.82. The molecule has 0 fully saturated rings. The molecule has 0 saturated heterocycles. The van der Waals surface area contributed by atoms with E-state index < -0.39 is 56.0 Å². The third kappa shape index (κ3) is 2.61. The van der Waals surface area contributed by atoms with Crippen LogP contribution in [0.5, 0.6) is 0 Å². The Morgan fingerprint density at radius 2 is 1.74 bits per heavy atom. The van der Waals surface area contributed by atoms with Gasteiger partial charge in [0.25, 0.3) is 5.92 Å². The molecule has 0 amide bonds. The van der Waals surface area contributed by atoms with Gasteiger partial charge < -0.3 is 0 Å². The highest BCUT2D eigenvalue weighted by atomic mass is 32.2. The van der Waals surface area contributed by atoms with E-state index in [4.69, 9.17) is 4.78 Å². The monoisotopic (exact) mass is 457 g/mol. The van der Waals surface area contributed by atoms with Gasteiger partial charge in [-0.15, -0.1) is 0 Å². The van der Waals surface area contributed by atoms with E-state index in [0.29, 0.717) is 12.1 Å². The molecule has 31 heavy (non-hydrogen) atoms. The van der Waals surface area contributed by atoms with Crippen molar-refractivity contribution in [1.82, 2.24) is 10.2 Å². The molecule has 0 radical (unpaired) electrons. The normalized spacial score (nSPS) is 25.5. The number of benzene rings is 2. The molecule has 3 unspecified atom stereocenters. The van der Waals surface area contributed by atoms with Crippen molar-refractivity contribution in [3.05, 3.63) is 82.4 Å². The van der Waals surface area contributed by atoms with Crippen molar-refractivity contribution in [2.24, 2.45) is 0 Å². The maximum Gasteiger partial charge on any atom is 0.416 e. The third-order valence-corrected chi connectivity index (χ3v) is 8.32. The molecule has 11 heteroatoms. The van der Waals surface area contributed by atoms with E-state index >= 15 is 8.78 Å². The van der Waals surface area contributed by atoms with Crippen LogP contribution in [0.4, 0.5) is 26.3 Å². The molecule has 2 bridgehead atoms. The topological polar surface area (TPSA) is 69.6 Å². The Labute approximate surface area is 172 Å². The van der Waals surface area contributed by atoms with Crippen molar-refractivity contribution in [3.63, 3.8) is 0 Å². The van der Waals surface area contributed by atoms with Gasteiger partial charge in [0.15, 0.2) is 0 Å². The molecule has 2 N–H and O–H groups in total. The third-order valence-electron chi connectivity index (χ3n) is 6.03. The first-order valence-corrected chi connectivity index (χ1v) is 10.7. The second-order valence-corrected chi connectivity index (χ2v) is 9.83. The first-order valence-electron chi connectivity index (χ1n) is 9.10. The van der Waals surface area contributed by atoms with Gasteiger partial charge in [-0.3, -0.25) is 5.10 Å². The Hall–Kier alpha value is -2.82. The van der Waals surface area contributed by atoms with Crippen LogP contribution in [0, 0.1) is 10.6 Å². The number of hydrogen-bond donors (Lipinski definition) is 2. The van der Waals surface area contributed by atoms with Gasteiger partial charge in [0.1, 0.15) is 11.5 Å². The fourth-order valence-electron chi connectivity index (χ4n) is 4.76. The van der Waals surface area contributed by atoms with Gasteiger partial charge in [0.2, 0.25) is 0 Å². The summed E-state index contributed by atoms with van der Waals surface area (Å²) in [6.45, 7) is 0. The van der Waals surface area contributed by atoms with Gasteiger partial charge in [-0.05, 0) is 35.9 Å². The molecule has 0 saturated carbocycles. The predicted octanol–water partition coefficient (Wildman–Crippen LogP) is 5.38. The molecule has 4 nitrogen and oxygen atoms in total. The molecule has 0 spiro atoms. The molecule has 162 valence electrons. The van der Waals surface area contributed by atoms with E-state index in [0.717, 1.165) is 24.4 Å². The van der Waals surface area contributed by atoms with Crippen LogP contribution in [0.2, 0.25) is 0 Å². The average molecular weight is 457 g/mol. The molecule has 2 aromatic carbocycles. The molecular formula is C20H13F6N3OS. The number of halogens is 6. The fraction of sp³-hybridized carbons (Fsp3) is 0.250. The van der Waals surface area contributed by atoms with Crippen LogP contribution in [0.3, 0.4) is 0 Å². The number of aromatic nitrogens is 2. The SMILES string of the molecule is N=S(=O)(c1ccc(C(F)(F)F)cc1)C1C2c3cccc(F)c3[C@@H]1c1cn[nH]c1C2(F)F. The summed E-state index contributed by atoms with van der Waals surface area (Å²) >= 11 is 0. The Morgan fingerprint density at radius 3 is 2.39 bits per heavy atom. The Kier molecular flexibility index (Phi) is 3.97. The van der Waals surface area contributed by atoms with Crippen LogP contribution >= 0.6 is 0 Å². The van der Waals surface area contributed by atoms with Crippen molar-refractivity contribution >= 4 is 9.73 Å². The summed E-state index contributed by atoms with van der Waals surface area (Å²) in [6.07, 6.45) is -3.55. The van der Waals surface area contributed by atoms with Gasteiger partial charge in [0, 0.05) is 21.9 Å². The Balaban J connectivity index is 1.73. The van der Waals surface area contributed by atoms with Crippen molar-refractivity contribution in [2.75, 3.05) is 0 Å². The Morgan fingerprint density at radius 1 is 1.06 bits per heavy atom. The molecule has 3 aromatic rings. The standard InChI is InChI=1S/C20H13F6N3OS/c21-13-3-1-2-11-14(13)15-12-8-28-29-18(12)19(22,23)16(11)17(15)31(27,30)10-6-4-9(5-7-10)20(24,25)26/h1-8,15-17,27H,(H,28,29)/t15-,16?,17?,31?/m0/s1. The summed E-state index contributed by atoms with van der Waals surface area (Å²) in [5, 5.41) is 4.29. The van der Waals surface area contributed by atoms with Gasteiger partial charge in [0.05, 0.1) is 32.7 Å². The molecule has 2 aliphatic carbocycles. The zero-order valence-corrected chi connectivity index (χ0v) is 16.2. The van der Waals surface area contributed by atoms with Gasteiger partial charge in [-0.1, -0.05) is 12.1 Å². The van der Waals surface area contributed by atoms with E-state index in [2.05, 4.69) is 10.2 Å². The summed E-state index contributed by atoms with van der Waals surface area (Å²) < 4.78 is 107. The van der Waals surface area contributed by atoms with Crippen LogP contribution in [0.15, 0.2) is 53.6 Å². The lowest BCUT2D eigenvalue weighted by molar-refractivity contribution is -0.137. The summed E-state index contributed by atoms with van der Waals surface area (Å²) in [4.78, 5) is -0.323. The van der Waals surface area contributed by atoms with Crippen LogP contribution in [-0.4, -0.2) is 19.7 Å². The Bertz CT molecular complexity index is 1300. The summed E-state index contributed by atoms with van der Waals surface area (Å²) in [5.41, 5.74) is -1.76. The largest absolute Gasteiger partial charge is 0.416 e. The number of hydrogen-bond acceptors (Lipinski definition) is 3. The number of alkyl halides is 5. The van der Waals surface area contributed by atoms with E-state index in [1.165, 1.54) is 12.1 Å². The number of nitrogens with one attached hydrogen (secondary N) is 2. The molecule has 1 heterocycles. The van der Waals surface area contributed by atoms with Crippen LogP contribution in [0.25, 0.3) is 0 Å². The van der Waals surface area contributed by atoms with Gasteiger partial charge in [-0.2, -0.15) is 27.1 Å². The number of H-pyrrole nitrogens is 1. The second-order valence-electron chi connectivity index (χ2n) is 7.61. The maximum absolute atomic E-state index is 15.5. The van der Waals surface area contributed by atoms with E-state index in [-0.39, 0.29) is 21.6 Å². The second kappa shape index (κ2) is 6.12. The molecule has 4 atom stereocenters. The van der Waals surface area contributed by atoms with Crippen molar-refractivity contribution in [1.29, 1.82) is 4.78 Å². The number of rotatable bonds is 2. The van der Waals surface area contributed by atoms with Crippen LogP contribution < -0.4 is 0 Å². The lowest BCUT2D eigenvalue weighted by Gasteiger charge is -2.37. The predicted molar refractivity (Wildman–Crippen MR) is 97.8 cm³/mol. The summed E-state index contributed by atoms with van der Waals surface area (Å²) in [7, 11) is -4.09. The molecule has 5 rings (SSSR count). The number of nitrogens with zero attached hydrogens (tertiary/aromatic N) is 1. The van der Waals surface area contributed by atoms with E-state index in [9.17, 15) is 21.8 Å². The molecule has 1 aromatic heterocycles. The number of aromatic amines is 1. The minimum Gasteiger partial charge on any atom is -0.276 e. The van der Waals surface area contributed by atoms with E-state index in [1.807, 2.05) is 0 Å². The molecule has 2 aliphatic rings. The molecular weight excluding hydrogens is 444 g/mol. The quantitative estimate of drug-likeness (QED) is 0.508. The smallest absolute Gasteiger partial charge is 0.276 e. The highest BCUT2D eigenvalue weighted by Gasteiger charge is 2.64. The fourth-order valence-corrected chi connectivity index (χ4v) is 6.98. The minimum atomic E-state index is -4.65. The summed E-state index contributed by atoms with van der Waals surface area (Å²) in [5.74, 6) is -7.37. The van der Waals surface area contributed by atoms with Crippen molar-refractivity contribution in [2.45, 2.75) is 34.1 Å². The maximum atomic E-state index is 15.5.